The van der Waals surface area contributed by atoms with Gasteiger partial charge in [0, 0.05) is 16.3 Å². The predicted octanol–water partition coefficient (Wildman–Crippen LogP) is 13.6. The van der Waals surface area contributed by atoms with E-state index in [1.807, 2.05) is 0 Å². The summed E-state index contributed by atoms with van der Waals surface area (Å²) in [4.78, 5) is 10.6. The molecule has 0 saturated heterocycles. The number of allylic oxidation sites excluding steroid dienone is 2. The van der Waals surface area contributed by atoms with E-state index in [-0.39, 0.29) is 6.17 Å². The number of benzene rings is 8. The van der Waals surface area contributed by atoms with Crippen molar-refractivity contribution in [2.24, 2.45) is 9.98 Å². The molecule has 2 aliphatic rings. The lowest BCUT2D eigenvalue weighted by atomic mass is 9.93. The molecule has 1 aromatic heterocycles. The number of nitrogens with one attached hydrogen (secondary N) is 1. The summed E-state index contributed by atoms with van der Waals surface area (Å²) in [5, 5.41) is 10.7. The monoisotopic (exact) mass is 731 g/mol. The standard InChI is InChI=1S/C53H37N3O/c1-3-12-34(13-4-1)41-19-11-20-43(33-41)45-29-30-46(50-49(45)48-44-21-10-9-15-37(44)28-31-47(48)57-50)53-55-51(38-16-5-2-6-17-38)54-52(56-53)39-25-22-36(23-26-39)42-27-24-35-14-7-8-18-40(35)32-42/h1,3-5,7-33,52H,2,6H2,(H,54,55,56). The highest BCUT2D eigenvalue weighted by Crippen LogP contribution is 2.43. The first-order valence-corrected chi connectivity index (χ1v) is 19.7. The fourth-order valence-corrected chi connectivity index (χ4v) is 8.46. The highest BCUT2D eigenvalue weighted by atomic mass is 16.3. The van der Waals surface area contributed by atoms with E-state index in [0.717, 1.165) is 73.8 Å². The molecule has 4 heteroatoms. The average molecular weight is 732 g/mol. The van der Waals surface area contributed by atoms with Gasteiger partial charge in [0.1, 0.15) is 23.2 Å². The molecule has 4 nitrogen and oxygen atoms in total. The van der Waals surface area contributed by atoms with Crippen LogP contribution in [0.5, 0.6) is 0 Å². The molecular formula is C53H37N3O. The maximum Gasteiger partial charge on any atom is 0.163 e. The third kappa shape index (κ3) is 5.94. The number of aliphatic imine (C=N–C) groups is 2. The molecule has 1 N–H and O–H groups in total. The third-order valence-corrected chi connectivity index (χ3v) is 11.4. The summed E-state index contributed by atoms with van der Waals surface area (Å²) in [6.07, 6.45) is 8.31. The second kappa shape index (κ2) is 13.8. The molecular weight excluding hydrogens is 695 g/mol. The Morgan fingerprint density at radius 2 is 1.23 bits per heavy atom. The number of hydrogen-bond acceptors (Lipinski definition) is 4. The number of hydrogen-bond donors (Lipinski definition) is 1. The van der Waals surface area contributed by atoms with Crippen molar-refractivity contribution in [3.8, 4) is 33.4 Å². The zero-order valence-corrected chi connectivity index (χ0v) is 31.2. The van der Waals surface area contributed by atoms with Gasteiger partial charge in [-0.1, -0.05) is 164 Å². The van der Waals surface area contributed by atoms with Crippen molar-refractivity contribution in [1.82, 2.24) is 5.32 Å². The fraction of sp³-hybridized carbons (Fsp3) is 0.0566. The normalized spacial score (nSPS) is 15.4. The molecule has 1 aliphatic carbocycles. The van der Waals surface area contributed by atoms with Crippen molar-refractivity contribution in [3.63, 3.8) is 0 Å². The maximum absolute atomic E-state index is 6.94. The smallest absolute Gasteiger partial charge is 0.163 e. The number of fused-ring (bicyclic) bond motifs is 6. The molecule has 0 radical (unpaired) electrons. The van der Waals surface area contributed by atoms with Gasteiger partial charge < -0.3 is 9.73 Å². The van der Waals surface area contributed by atoms with E-state index >= 15 is 0 Å². The molecule has 0 fully saturated rings. The number of amidine groups is 2. The van der Waals surface area contributed by atoms with Crippen LogP contribution < -0.4 is 5.32 Å². The van der Waals surface area contributed by atoms with Gasteiger partial charge in [0.15, 0.2) is 5.84 Å². The number of rotatable bonds is 6. The maximum atomic E-state index is 6.94. The zero-order valence-electron chi connectivity index (χ0n) is 31.2. The second-order valence-corrected chi connectivity index (χ2v) is 14.9. The van der Waals surface area contributed by atoms with E-state index in [0.29, 0.717) is 5.84 Å². The average Bonchev–Trinajstić information content (AvgIpc) is 3.70. The van der Waals surface area contributed by atoms with Crippen molar-refractivity contribution in [2.45, 2.75) is 19.0 Å². The molecule has 0 spiro atoms. The summed E-state index contributed by atoms with van der Waals surface area (Å²) in [6, 6.07) is 60.4. The quantitative estimate of drug-likeness (QED) is 0.185. The summed E-state index contributed by atoms with van der Waals surface area (Å²) >= 11 is 0. The van der Waals surface area contributed by atoms with Crippen LogP contribution in [-0.2, 0) is 0 Å². The van der Waals surface area contributed by atoms with Crippen LogP contribution >= 0.6 is 0 Å². The van der Waals surface area contributed by atoms with E-state index in [1.54, 1.807) is 0 Å². The van der Waals surface area contributed by atoms with Crippen molar-refractivity contribution in [3.05, 3.63) is 205 Å². The Morgan fingerprint density at radius 1 is 0.526 bits per heavy atom. The molecule has 0 amide bonds. The Kier molecular flexibility index (Phi) is 7.99. The van der Waals surface area contributed by atoms with Gasteiger partial charge in [0.05, 0.1) is 5.56 Å². The minimum Gasteiger partial charge on any atom is -0.455 e. The van der Waals surface area contributed by atoms with E-state index in [4.69, 9.17) is 14.4 Å². The molecule has 1 atom stereocenters. The van der Waals surface area contributed by atoms with Gasteiger partial charge in [0.25, 0.3) is 0 Å². The van der Waals surface area contributed by atoms with Gasteiger partial charge in [-0.25, -0.2) is 9.98 Å². The molecule has 11 rings (SSSR count). The van der Waals surface area contributed by atoms with Crippen LogP contribution in [0.25, 0.3) is 76.9 Å². The topological polar surface area (TPSA) is 49.9 Å². The van der Waals surface area contributed by atoms with Crippen molar-refractivity contribution < 1.29 is 4.42 Å². The van der Waals surface area contributed by atoms with E-state index < -0.39 is 0 Å². The molecule has 8 aromatic carbocycles. The Morgan fingerprint density at radius 3 is 2.09 bits per heavy atom. The predicted molar refractivity (Wildman–Crippen MR) is 238 cm³/mol. The van der Waals surface area contributed by atoms with Crippen LogP contribution in [0.1, 0.15) is 30.1 Å². The van der Waals surface area contributed by atoms with E-state index in [2.05, 4.69) is 193 Å². The summed E-state index contributed by atoms with van der Waals surface area (Å²) in [5.41, 5.74) is 11.6. The lowest BCUT2D eigenvalue weighted by molar-refractivity contribution is 0.663. The Bertz CT molecular complexity index is 3150. The van der Waals surface area contributed by atoms with E-state index in [9.17, 15) is 0 Å². The van der Waals surface area contributed by atoms with Gasteiger partial charge in [-0.15, -0.1) is 0 Å². The third-order valence-electron chi connectivity index (χ3n) is 11.4. The molecule has 2 heterocycles. The molecule has 57 heavy (non-hydrogen) atoms. The molecule has 0 saturated carbocycles. The van der Waals surface area contributed by atoms with Crippen LogP contribution in [-0.4, -0.2) is 11.7 Å². The summed E-state index contributed by atoms with van der Waals surface area (Å²) in [6.45, 7) is 0. The first-order chi connectivity index (χ1) is 28.2. The Hall–Kier alpha value is -7.30. The largest absolute Gasteiger partial charge is 0.455 e. The van der Waals surface area contributed by atoms with Gasteiger partial charge in [-0.3, -0.25) is 0 Å². The zero-order chi connectivity index (χ0) is 37.7. The van der Waals surface area contributed by atoms with Gasteiger partial charge in [-0.2, -0.15) is 0 Å². The number of furan rings is 1. The van der Waals surface area contributed by atoms with Crippen LogP contribution in [0.4, 0.5) is 0 Å². The van der Waals surface area contributed by atoms with Crippen molar-refractivity contribution in [2.75, 3.05) is 0 Å². The highest BCUT2D eigenvalue weighted by Gasteiger charge is 2.26. The fourth-order valence-electron chi connectivity index (χ4n) is 8.46. The van der Waals surface area contributed by atoms with Gasteiger partial charge >= 0.3 is 0 Å². The minimum atomic E-state index is -0.350. The number of nitrogens with zero attached hydrogens (tertiary/aromatic N) is 2. The molecule has 270 valence electrons. The molecule has 9 aromatic rings. The lowest BCUT2D eigenvalue weighted by Crippen LogP contribution is -2.34. The van der Waals surface area contributed by atoms with Crippen molar-refractivity contribution >= 4 is 55.2 Å². The van der Waals surface area contributed by atoms with Crippen LogP contribution in [0.3, 0.4) is 0 Å². The summed E-state index contributed by atoms with van der Waals surface area (Å²) in [5.74, 6) is 1.46. The summed E-state index contributed by atoms with van der Waals surface area (Å²) < 4.78 is 6.94. The Balaban J connectivity index is 1.08. The molecule has 1 unspecified atom stereocenters. The molecule has 0 bridgehead atoms. The first kappa shape index (κ1) is 33.1. The highest BCUT2D eigenvalue weighted by molar-refractivity contribution is 6.27. The SMILES string of the molecule is C1=CC(C2=NC(c3ccc(-c4cccc(-c5ccccc5)c4)c4c3oc3ccc5ccccc5c34)=NC(c3ccc(-c4ccc5ccccc5c4)cc3)N2)=CCC1. The van der Waals surface area contributed by atoms with Gasteiger partial charge in [-0.05, 0) is 97.6 Å². The minimum absolute atomic E-state index is 0.350. The van der Waals surface area contributed by atoms with Crippen LogP contribution in [0.2, 0.25) is 0 Å². The lowest BCUT2D eigenvalue weighted by Gasteiger charge is -2.25. The first-order valence-electron chi connectivity index (χ1n) is 19.7. The summed E-state index contributed by atoms with van der Waals surface area (Å²) in [7, 11) is 0. The molecule has 1 aliphatic heterocycles. The Labute approximate surface area is 330 Å². The van der Waals surface area contributed by atoms with Crippen molar-refractivity contribution in [1.29, 1.82) is 0 Å². The van der Waals surface area contributed by atoms with E-state index in [1.165, 1.54) is 38.4 Å². The second-order valence-electron chi connectivity index (χ2n) is 14.9. The van der Waals surface area contributed by atoms with Crippen LogP contribution in [0, 0.1) is 0 Å². The van der Waals surface area contributed by atoms with Gasteiger partial charge in [0.2, 0.25) is 0 Å². The van der Waals surface area contributed by atoms with Crippen LogP contribution in [0.15, 0.2) is 208 Å².